The topological polar surface area (TPSA) is 109 Å². The molecular formula is C14H14N4O2S. The minimum Gasteiger partial charge on any atom is -0.397 e. The first-order valence-corrected chi connectivity index (χ1v) is 7.57. The van der Waals surface area contributed by atoms with Gasteiger partial charge in [-0.1, -0.05) is 0 Å². The first-order chi connectivity index (χ1) is 9.83. The van der Waals surface area contributed by atoms with Crippen LogP contribution in [0.15, 0.2) is 35.4 Å². The van der Waals surface area contributed by atoms with Crippen molar-refractivity contribution in [2.75, 3.05) is 10.5 Å². The molecule has 2 aromatic rings. The number of rotatable bonds is 3. The zero-order valence-corrected chi connectivity index (χ0v) is 12.4. The van der Waals surface area contributed by atoms with Crippen LogP contribution in [0.1, 0.15) is 16.7 Å². The maximum absolute atomic E-state index is 12.4. The number of nitrogen functional groups attached to an aromatic ring is 1. The molecule has 3 N–H and O–H groups in total. The normalized spacial score (nSPS) is 10.9. The zero-order valence-electron chi connectivity index (χ0n) is 11.6. The summed E-state index contributed by atoms with van der Waals surface area (Å²) in [6.45, 7) is 3.35. The van der Waals surface area contributed by atoms with Crippen molar-refractivity contribution in [3.05, 3.63) is 47.2 Å². The van der Waals surface area contributed by atoms with Gasteiger partial charge in [-0.05, 0) is 49.2 Å². The predicted octanol–water partition coefficient (Wildman–Crippen LogP) is 1.95. The van der Waals surface area contributed by atoms with E-state index in [0.29, 0.717) is 22.4 Å². The van der Waals surface area contributed by atoms with Crippen LogP contribution in [0.3, 0.4) is 0 Å². The summed E-state index contributed by atoms with van der Waals surface area (Å²) in [5.41, 5.74) is 7.59. The summed E-state index contributed by atoms with van der Waals surface area (Å²) in [7, 11) is -3.77. The van der Waals surface area contributed by atoms with E-state index in [9.17, 15) is 8.42 Å². The van der Waals surface area contributed by atoms with Crippen molar-refractivity contribution in [3.8, 4) is 6.07 Å². The molecule has 6 nitrogen and oxygen atoms in total. The van der Waals surface area contributed by atoms with E-state index < -0.39 is 10.0 Å². The molecule has 1 heterocycles. The summed E-state index contributed by atoms with van der Waals surface area (Å²) in [6.07, 6.45) is 1.39. The van der Waals surface area contributed by atoms with Gasteiger partial charge in [-0.3, -0.25) is 4.72 Å². The van der Waals surface area contributed by atoms with Crippen LogP contribution in [0.4, 0.5) is 11.5 Å². The third kappa shape index (κ3) is 3.12. The molecule has 1 aromatic heterocycles. The molecule has 2 rings (SSSR count). The monoisotopic (exact) mass is 302 g/mol. The van der Waals surface area contributed by atoms with Gasteiger partial charge in [0.2, 0.25) is 0 Å². The van der Waals surface area contributed by atoms with Crippen LogP contribution in [0.5, 0.6) is 0 Å². The fraction of sp³-hybridized carbons (Fsp3) is 0.143. The first kappa shape index (κ1) is 14.8. The van der Waals surface area contributed by atoms with E-state index in [1.165, 1.54) is 24.4 Å². The second kappa shape index (κ2) is 5.42. The number of pyridine rings is 1. The lowest BCUT2D eigenvalue weighted by atomic mass is 10.2. The highest BCUT2D eigenvalue weighted by atomic mass is 32.2. The van der Waals surface area contributed by atoms with Crippen LogP contribution >= 0.6 is 0 Å². The van der Waals surface area contributed by atoms with Crippen LogP contribution < -0.4 is 10.5 Å². The SMILES string of the molecule is Cc1cc(C#N)ccc1S(=O)(=O)Nc1ncc(N)cc1C. The molecule has 0 aliphatic heterocycles. The van der Waals surface area contributed by atoms with Crippen LogP contribution in [0.2, 0.25) is 0 Å². The predicted molar refractivity (Wildman–Crippen MR) is 80.1 cm³/mol. The number of aromatic nitrogens is 1. The standard InChI is InChI=1S/C14H14N4O2S/c1-9-5-11(7-15)3-4-13(9)21(19,20)18-14-10(2)6-12(16)8-17-14/h3-6,8H,16H2,1-2H3,(H,17,18). The van der Waals surface area contributed by atoms with Crippen LogP contribution in [0.25, 0.3) is 0 Å². The molecule has 0 saturated heterocycles. The van der Waals surface area contributed by atoms with E-state index in [1.54, 1.807) is 19.9 Å². The maximum atomic E-state index is 12.4. The Hall–Kier alpha value is -2.59. The number of hydrogen-bond donors (Lipinski definition) is 2. The minimum absolute atomic E-state index is 0.111. The second-order valence-corrected chi connectivity index (χ2v) is 6.28. The van der Waals surface area contributed by atoms with Gasteiger partial charge in [-0.25, -0.2) is 13.4 Å². The van der Waals surface area contributed by atoms with Crippen LogP contribution in [-0.4, -0.2) is 13.4 Å². The van der Waals surface area contributed by atoms with Crippen LogP contribution in [0, 0.1) is 25.2 Å². The van der Waals surface area contributed by atoms with Crippen molar-refractivity contribution in [1.82, 2.24) is 4.98 Å². The van der Waals surface area contributed by atoms with E-state index >= 15 is 0 Å². The molecule has 0 radical (unpaired) electrons. The summed E-state index contributed by atoms with van der Waals surface area (Å²) in [5.74, 6) is 0.230. The van der Waals surface area contributed by atoms with Crippen molar-refractivity contribution < 1.29 is 8.42 Å². The molecule has 7 heteroatoms. The molecule has 0 spiro atoms. The fourth-order valence-corrected chi connectivity index (χ4v) is 3.21. The number of nitrogens with one attached hydrogen (secondary N) is 1. The number of aryl methyl sites for hydroxylation is 2. The molecule has 0 amide bonds. The lowest BCUT2D eigenvalue weighted by molar-refractivity contribution is 0.600. The Morgan fingerprint density at radius 3 is 2.52 bits per heavy atom. The third-order valence-electron chi connectivity index (χ3n) is 2.92. The number of hydrogen-bond acceptors (Lipinski definition) is 5. The summed E-state index contributed by atoms with van der Waals surface area (Å²) < 4.78 is 27.2. The van der Waals surface area contributed by atoms with Gasteiger partial charge in [-0.15, -0.1) is 0 Å². The Morgan fingerprint density at radius 2 is 1.95 bits per heavy atom. The lowest BCUT2D eigenvalue weighted by Crippen LogP contribution is -2.16. The van der Waals surface area contributed by atoms with Crippen molar-refractivity contribution in [3.63, 3.8) is 0 Å². The Morgan fingerprint density at radius 1 is 1.24 bits per heavy atom. The van der Waals surface area contributed by atoms with Crippen LogP contribution in [-0.2, 0) is 10.0 Å². The molecule has 0 fully saturated rings. The van der Waals surface area contributed by atoms with Crippen molar-refractivity contribution in [2.45, 2.75) is 18.7 Å². The zero-order chi connectivity index (χ0) is 15.6. The summed E-state index contributed by atoms with van der Waals surface area (Å²) in [4.78, 5) is 4.09. The summed E-state index contributed by atoms with van der Waals surface area (Å²) in [5, 5.41) is 8.82. The second-order valence-electron chi connectivity index (χ2n) is 4.63. The fourth-order valence-electron chi connectivity index (χ4n) is 1.91. The molecular weight excluding hydrogens is 288 g/mol. The van der Waals surface area contributed by atoms with E-state index in [-0.39, 0.29) is 10.7 Å². The average Bonchev–Trinajstić information content (AvgIpc) is 2.41. The van der Waals surface area contributed by atoms with Gasteiger partial charge in [0, 0.05) is 0 Å². The number of anilines is 2. The van der Waals surface area contributed by atoms with Gasteiger partial charge in [0.15, 0.2) is 0 Å². The highest BCUT2D eigenvalue weighted by Crippen LogP contribution is 2.21. The number of nitriles is 1. The average molecular weight is 302 g/mol. The van der Waals surface area contributed by atoms with Crippen molar-refractivity contribution in [1.29, 1.82) is 5.26 Å². The summed E-state index contributed by atoms with van der Waals surface area (Å²) in [6, 6.07) is 8.00. The molecule has 1 aromatic carbocycles. The largest absolute Gasteiger partial charge is 0.397 e. The number of sulfonamides is 1. The molecule has 0 unspecified atom stereocenters. The van der Waals surface area contributed by atoms with E-state index in [0.717, 1.165) is 0 Å². The molecule has 0 aliphatic rings. The Balaban J connectivity index is 2.41. The Bertz CT molecular complexity index is 839. The highest BCUT2D eigenvalue weighted by Gasteiger charge is 2.18. The van der Waals surface area contributed by atoms with Gasteiger partial charge in [-0.2, -0.15) is 5.26 Å². The number of nitrogens with two attached hydrogens (primary N) is 1. The molecule has 0 bridgehead atoms. The van der Waals surface area contributed by atoms with E-state index in [2.05, 4.69) is 9.71 Å². The number of benzene rings is 1. The smallest absolute Gasteiger partial charge is 0.263 e. The Labute approximate surface area is 123 Å². The van der Waals surface area contributed by atoms with Crippen molar-refractivity contribution >= 4 is 21.5 Å². The Kier molecular flexibility index (Phi) is 3.82. The third-order valence-corrected chi connectivity index (χ3v) is 4.42. The maximum Gasteiger partial charge on any atom is 0.263 e. The summed E-state index contributed by atoms with van der Waals surface area (Å²) >= 11 is 0. The first-order valence-electron chi connectivity index (χ1n) is 6.09. The molecule has 108 valence electrons. The van der Waals surface area contributed by atoms with Crippen molar-refractivity contribution in [2.24, 2.45) is 0 Å². The lowest BCUT2D eigenvalue weighted by Gasteiger charge is -2.12. The van der Waals surface area contributed by atoms with E-state index in [4.69, 9.17) is 11.0 Å². The molecule has 0 aliphatic carbocycles. The quantitative estimate of drug-likeness (QED) is 0.900. The molecule has 0 atom stereocenters. The van der Waals surface area contributed by atoms with Gasteiger partial charge < -0.3 is 5.73 Å². The molecule has 21 heavy (non-hydrogen) atoms. The number of nitrogens with zero attached hydrogens (tertiary/aromatic N) is 2. The van der Waals surface area contributed by atoms with Gasteiger partial charge in [0.1, 0.15) is 5.82 Å². The highest BCUT2D eigenvalue weighted by molar-refractivity contribution is 7.92. The van der Waals surface area contributed by atoms with Gasteiger partial charge in [0.05, 0.1) is 28.4 Å². The van der Waals surface area contributed by atoms with Gasteiger partial charge in [0.25, 0.3) is 10.0 Å². The van der Waals surface area contributed by atoms with Gasteiger partial charge >= 0.3 is 0 Å². The molecule has 0 saturated carbocycles. The van der Waals surface area contributed by atoms with E-state index in [1.807, 2.05) is 6.07 Å². The minimum atomic E-state index is -3.77.